The summed E-state index contributed by atoms with van der Waals surface area (Å²) in [5, 5.41) is 6.26. The molecule has 0 bridgehead atoms. The second kappa shape index (κ2) is 5.62. The summed E-state index contributed by atoms with van der Waals surface area (Å²) < 4.78 is 1.89. The van der Waals surface area contributed by atoms with Crippen molar-refractivity contribution in [1.29, 1.82) is 0 Å². The van der Waals surface area contributed by atoms with E-state index in [4.69, 9.17) is 0 Å². The summed E-state index contributed by atoms with van der Waals surface area (Å²) in [5.41, 5.74) is 0. The molecular formula is C10H12Br2N2OS. The normalized spacial score (nSPS) is 20.0. The minimum absolute atomic E-state index is 0.0169. The average Bonchev–Trinajstić information content (AvgIpc) is 2.86. The van der Waals surface area contributed by atoms with Crippen LogP contribution in [0, 0.1) is 5.92 Å². The van der Waals surface area contributed by atoms with Gasteiger partial charge >= 0.3 is 0 Å². The van der Waals surface area contributed by atoms with Crippen LogP contribution < -0.4 is 10.6 Å². The maximum absolute atomic E-state index is 11.8. The van der Waals surface area contributed by atoms with Gasteiger partial charge in [-0.25, -0.2) is 0 Å². The summed E-state index contributed by atoms with van der Waals surface area (Å²) in [7, 11) is 0. The number of halogens is 2. The van der Waals surface area contributed by atoms with Crippen LogP contribution in [0.25, 0.3) is 0 Å². The molecule has 2 rings (SSSR count). The van der Waals surface area contributed by atoms with Crippen LogP contribution in [0.1, 0.15) is 16.1 Å². The van der Waals surface area contributed by atoms with Crippen molar-refractivity contribution < 1.29 is 4.79 Å². The lowest BCUT2D eigenvalue weighted by Crippen LogP contribution is -2.29. The smallest absolute Gasteiger partial charge is 0.261 e. The van der Waals surface area contributed by atoms with Gasteiger partial charge in [-0.15, -0.1) is 11.3 Å². The third kappa shape index (κ3) is 3.06. The Kier molecular flexibility index (Phi) is 4.41. The topological polar surface area (TPSA) is 41.1 Å². The van der Waals surface area contributed by atoms with E-state index in [9.17, 15) is 4.79 Å². The molecular weight excluding hydrogens is 356 g/mol. The fraction of sp³-hybridized carbons (Fsp3) is 0.500. The van der Waals surface area contributed by atoms with Crippen LogP contribution in [0.3, 0.4) is 0 Å². The quantitative estimate of drug-likeness (QED) is 0.862. The molecule has 1 aromatic rings. The van der Waals surface area contributed by atoms with Gasteiger partial charge in [0, 0.05) is 11.0 Å². The van der Waals surface area contributed by atoms with E-state index in [0.29, 0.717) is 5.92 Å². The van der Waals surface area contributed by atoms with Gasteiger partial charge in [0.15, 0.2) is 0 Å². The molecule has 0 aliphatic carbocycles. The standard InChI is InChI=1S/C10H12Br2N2OS/c11-7-3-8(16-9(7)12)10(15)14-5-6-1-2-13-4-6/h3,6,13H,1-2,4-5H2,(H,14,15)/t6-/m0/s1. The first kappa shape index (κ1) is 12.5. The van der Waals surface area contributed by atoms with Crippen molar-refractivity contribution in [3.8, 4) is 0 Å². The molecule has 1 aliphatic heterocycles. The lowest BCUT2D eigenvalue weighted by molar-refractivity contribution is 0.0952. The highest BCUT2D eigenvalue weighted by Crippen LogP contribution is 2.32. The fourth-order valence-corrected chi connectivity index (χ4v) is 3.62. The molecule has 16 heavy (non-hydrogen) atoms. The summed E-state index contributed by atoms with van der Waals surface area (Å²) in [5.74, 6) is 0.596. The van der Waals surface area contributed by atoms with Crippen molar-refractivity contribution in [2.45, 2.75) is 6.42 Å². The zero-order chi connectivity index (χ0) is 11.5. The van der Waals surface area contributed by atoms with Gasteiger partial charge < -0.3 is 10.6 Å². The number of nitrogens with one attached hydrogen (secondary N) is 2. The van der Waals surface area contributed by atoms with E-state index in [1.165, 1.54) is 11.3 Å². The number of rotatable bonds is 3. The number of hydrogen-bond donors (Lipinski definition) is 2. The van der Waals surface area contributed by atoms with Gasteiger partial charge in [0.2, 0.25) is 0 Å². The average molecular weight is 368 g/mol. The maximum Gasteiger partial charge on any atom is 0.261 e. The zero-order valence-electron chi connectivity index (χ0n) is 8.56. The Bertz CT molecular complexity index is 369. The van der Waals surface area contributed by atoms with Crippen LogP contribution in [0.4, 0.5) is 0 Å². The molecule has 88 valence electrons. The van der Waals surface area contributed by atoms with E-state index >= 15 is 0 Å². The van der Waals surface area contributed by atoms with Crippen LogP contribution in [-0.4, -0.2) is 25.5 Å². The molecule has 1 amide bonds. The van der Waals surface area contributed by atoms with E-state index in [-0.39, 0.29) is 5.91 Å². The Morgan fingerprint density at radius 1 is 1.62 bits per heavy atom. The molecule has 6 heteroatoms. The van der Waals surface area contributed by atoms with Crippen LogP contribution >= 0.6 is 43.2 Å². The molecule has 1 aliphatic rings. The Morgan fingerprint density at radius 3 is 3.00 bits per heavy atom. The number of carbonyl (C=O) groups excluding carboxylic acids is 1. The summed E-state index contributed by atoms with van der Waals surface area (Å²) in [6.07, 6.45) is 1.15. The Hall–Kier alpha value is 0.0900. The zero-order valence-corrected chi connectivity index (χ0v) is 12.5. The molecule has 2 heterocycles. The molecule has 0 saturated carbocycles. The Morgan fingerprint density at radius 2 is 2.44 bits per heavy atom. The molecule has 0 spiro atoms. The number of thiophene rings is 1. The van der Waals surface area contributed by atoms with Gasteiger partial charge in [-0.2, -0.15) is 0 Å². The third-order valence-electron chi connectivity index (χ3n) is 2.58. The highest BCUT2D eigenvalue weighted by Gasteiger charge is 2.17. The summed E-state index contributed by atoms with van der Waals surface area (Å²) >= 11 is 8.21. The molecule has 3 nitrogen and oxygen atoms in total. The van der Waals surface area contributed by atoms with Crippen molar-refractivity contribution in [2.75, 3.05) is 19.6 Å². The minimum atomic E-state index is 0.0169. The first-order valence-corrected chi connectivity index (χ1v) is 7.51. The van der Waals surface area contributed by atoms with Crippen LogP contribution in [0.2, 0.25) is 0 Å². The number of hydrogen-bond acceptors (Lipinski definition) is 3. The van der Waals surface area contributed by atoms with Crippen molar-refractivity contribution in [2.24, 2.45) is 5.92 Å². The van der Waals surface area contributed by atoms with Crippen molar-refractivity contribution >= 4 is 49.1 Å². The molecule has 1 aromatic heterocycles. The van der Waals surface area contributed by atoms with Crippen molar-refractivity contribution in [3.63, 3.8) is 0 Å². The van der Waals surface area contributed by atoms with Gasteiger partial charge in [0.1, 0.15) is 0 Å². The molecule has 0 unspecified atom stereocenters. The predicted molar refractivity (Wildman–Crippen MR) is 73.0 cm³/mol. The fourth-order valence-electron chi connectivity index (χ4n) is 1.67. The molecule has 2 N–H and O–H groups in total. The molecule has 0 aromatic carbocycles. The second-order valence-corrected chi connectivity index (χ2v) is 7.03. The van der Waals surface area contributed by atoms with E-state index in [1.54, 1.807) is 0 Å². The van der Waals surface area contributed by atoms with Gasteiger partial charge in [-0.05, 0) is 63.4 Å². The second-order valence-electron chi connectivity index (χ2n) is 3.80. The number of carbonyl (C=O) groups is 1. The van der Waals surface area contributed by atoms with Gasteiger partial charge in [-0.1, -0.05) is 0 Å². The minimum Gasteiger partial charge on any atom is -0.351 e. The lowest BCUT2D eigenvalue weighted by atomic mass is 10.1. The summed E-state index contributed by atoms with van der Waals surface area (Å²) in [4.78, 5) is 12.5. The Balaban J connectivity index is 1.87. The summed E-state index contributed by atoms with van der Waals surface area (Å²) in [6, 6.07) is 1.84. The molecule has 1 saturated heterocycles. The number of amides is 1. The molecule has 0 radical (unpaired) electrons. The van der Waals surface area contributed by atoms with Crippen molar-refractivity contribution in [3.05, 3.63) is 19.2 Å². The monoisotopic (exact) mass is 366 g/mol. The summed E-state index contributed by atoms with van der Waals surface area (Å²) in [6.45, 7) is 2.84. The predicted octanol–water partition coefficient (Wildman–Crippen LogP) is 2.61. The first-order chi connectivity index (χ1) is 7.66. The van der Waals surface area contributed by atoms with Gasteiger partial charge in [-0.3, -0.25) is 4.79 Å². The van der Waals surface area contributed by atoms with Gasteiger partial charge in [0.25, 0.3) is 5.91 Å². The molecule has 1 atom stereocenters. The SMILES string of the molecule is O=C(NC[C@H]1CCNC1)c1cc(Br)c(Br)s1. The van der Waals surface area contributed by atoms with Gasteiger partial charge in [0.05, 0.1) is 8.66 Å². The van der Waals surface area contributed by atoms with Crippen LogP contribution in [-0.2, 0) is 0 Å². The van der Waals surface area contributed by atoms with E-state index in [1.807, 2.05) is 6.07 Å². The van der Waals surface area contributed by atoms with E-state index in [2.05, 4.69) is 42.5 Å². The highest BCUT2D eigenvalue weighted by atomic mass is 79.9. The highest BCUT2D eigenvalue weighted by molar-refractivity contribution is 9.13. The third-order valence-corrected chi connectivity index (χ3v) is 5.84. The Labute approximate surface area is 115 Å². The van der Waals surface area contributed by atoms with Crippen molar-refractivity contribution in [1.82, 2.24) is 10.6 Å². The van der Waals surface area contributed by atoms with E-state index in [0.717, 1.165) is 39.2 Å². The molecule has 1 fully saturated rings. The first-order valence-electron chi connectivity index (χ1n) is 5.10. The lowest BCUT2D eigenvalue weighted by Gasteiger charge is -2.08. The van der Waals surface area contributed by atoms with Crippen LogP contribution in [0.15, 0.2) is 14.3 Å². The largest absolute Gasteiger partial charge is 0.351 e. The maximum atomic E-state index is 11.8. The van der Waals surface area contributed by atoms with E-state index < -0.39 is 0 Å². The van der Waals surface area contributed by atoms with Crippen LogP contribution in [0.5, 0.6) is 0 Å².